The second kappa shape index (κ2) is 6.89. The third-order valence-corrected chi connectivity index (χ3v) is 3.53. The SMILES string of the molecule is COC(=O)CNS(=O)(=O)c1ccc(C#CCO)cc1. The van der Waals surface area contributed by atoms with Gasteiger partial charge in [-0.25, -0.2) is 8.42 Å². The van der Waals surface area contributed by atoms with Crippen LogP contribution in [0.15, 0.2) is 29.2 Å². The van der Waals surface area contributed by atoms with Crippen molar-refractivity contribution in [2.45, 2.75) is 4.90 Å². The Morgan fingerprint density at radius 2 is 2.00 bits per heavy atom. The maximum Gasteiger partial charge on any atom is 0.320 e. The maximum atomic E-state index is 11.8. The summed E-state index contributed by atoms with van der Waals surface area (Å²) in [5.74, 6) is 4.42. The van der Waals surface area contributed by atoms with Gasteiger partial charge >= 0.3 is 5.97 Å². The Morgan fingerprint density at radius 1 is 1.37 bits per heavy atom. The maximum absolute atomic E-state index is 11.8. The number of benzene rings is 1. The first kappa shape index (κ1) is 15.2. The number of methoxy groups -OCH3 is 1. The fourth-order valence-electron chi connectivity index (χ4n) is 1.17. The van der Waals surface area contributed by atoms with Crippen molar-refractivity contribution in [2.24, 2.45) is 0 Å². The van der Waals surface area contributed by atoms with Gasteiger partial charge < -0.3 is 9.84 Å². The predicted molar refractivity (Wildman–Crippen MR) is 67.6 cm³/mol. The van der Waals surface area contributed by atoms with Gasteiger partial charge in [0, 0.05) is 5.56 Å². The molecule has 102 valence electrons. The molecule has 7 heteroatoms. The van der Waals surface area contributed by atoms with Crippen molar-refractivity contribution >= 4 is 16.0 Å². The van der Waals surface area contributed by atoms with Crippen molar-refractivity contribution in [1.82, 2.24) is 4.72 Å². The Hall–Kier alpha value is -1.88. The Bertz CT molecular complexity index is 595. The smallest absolute Gasteiger partial charge is 0.320 e. The predicted octanol–water partition coefficient (Wildman–Crippen LogP) is -0.518. The molecule has 0 aliphatic heterocycles. The van der Waals surface area contributed by atoms with E-state index in [1.165, 1.54) is 31.4 Å². The van der Waals surface area contributed by atoms with Gasteiger partial charge in [0.05, 0.1) is 12.0 Å². The Balaban J connectivity index is 2.82. The van der Waals surface area contributed by atoms with E-state index >= 15 is 0 Å². The van der Waals surface area contributed by atoms with Crippen molar-refractivity contribution in [3.05, 3.63) is 29.8 Å². The van der Waals surface area contributed by atoms with Crippen LogP contribution in [0.25, 0.3) is 0 Å². The Kier molecular flexibility index (Phi) is 5.51. The molecular formula is C12H13NO5S. The highest BCUT2D eigenvalue weighted by molar-refractivity contribution is 7.89. The average Bonchev–Trinajstić information content (AvgIpc) is 2.43. The lowest BCUT2D eigenvalue weighted by Gasteiger charge is -2.05. The molecule has 0 aliphatic carbocycles. The summed E-state index contributed by atoms with van der Waals surface area (Å²) >= 11 is 0. The summed E-state index contributed by atoms with van der Waals surface area (Å²) in [7, 11) is -2.58. The summed E-state index contributed by atoms with van der Waals surface area (Å²) < 4.78 is 30.0. The molecule has 0 radical (unpaired) electrons. The van der Waals surface area contributed by atoms with Crippen LogP contribution in [0.1, 0.15) is 5.56 Å². The van der Waals surface area contributed by atoms with Gasteiger partial charge in [0.25, 0.3) is 0 Å². The minimum atomic E-state index is -3.75. The average molecular weight is 283 g/mol. The fourth-order valence-corrected chi connectivity index (χ4v) is 2.14. The Morgan fingerprint density at radius 3 is 2.53 bits per heavy atom. The van der Waals surface area contributed by atoms with Crippen LogP contribution >= 0.6 is 0 Å². The van der Waals surface area contributed by atoms with E-state index in [1.807, 2.05) is 0 Å². The van der Waals surface area contributed by atoms with Crippen molar-refractivity contribution in [3.8, 4) is 11.8 Å². The molecule has 0 spiro atoms. The summed E-state index contributed by atoms with van der Waals surface area (Å²) in [6.45, 7) is -0.689. The van der Waals surface area contributed by atoms with Crippen molar-refractivity contribution < 1.29 is 23.1 Å². The van der Waals surface area contributed by atoms with Gasteiger partial charge in [-0.15, -0.1) is 0 Å². The number of hydrogen-bond donors (Lipinski definition) is 2. The van der Waals surface area contributed by atoms with Crippen LogP contribution in [0.2, 0.25) is 0 Å². The zero-order valence-corrected chi connectivity index (χ0v) is 11.0. The lowest BCUT2D eigenvalue weighted by atomic mass is 10.2. The first-order valence-corrected chi connectivity index (χ1v) is 6.74. The molecule has 19 heavy (non-hydrogen) atoms. The third kappa shape index (κ3) is 4.71. The summed E-state index contributed by atoms with van der Waals surface area (Å²) in [6.07, 6.45) is 0. The number of aliphatic hydroxyl groups excluding tert-OH is 1. The van der Waals surface area contributed by atoms with Crippen LogP contribution < -0.4 is 4.72 Å². The normalized spacial score (nSPS) is 10.4. The highest BCUT2D eigenvalue weighted by atomic mass is 32.2. The highest BCUT2D eigenvalue weighted by Crippen LogP contribution is 2.09. The second-order valence-electron chi connectivity index (χ2n) is 3.38. The lowest BCUT2D eigenvalue weighted by Crippen LogP contribution is -2.30. The molecule has 0 aliphatic rings. The highest BCUT2D eigenvalue weighted by Gasteiger charge is 2.15. The van der Waals surface area contributed by atoms with E-state index in [0.717, 1.165) is 0 Å². The molecule has 0 saturated heterocycles. The summed E-state index contributed by atoms with van der Waals surface area (Å²) in [5.41, 5.74) is 0.584. The molecule has 1 aromatic carbocycles. The molecule has 0 unspecified atom stereocenters. The Labute approximate surface area is 111 Å². The van der Waals surface area contributed by atoms with Crippen LogP contribution in [0.5, 0.6) is 0 Å². The fraction of sp³-hybridized carbons (Fsp3) is 0.250. The van der Waals surface area contributed by atoms with E-state index in [4.69, 9.17) is 5.11 Å². The summed E-state index contributed by atoms with van der Waals surface area (Å²) in [5, 5.41) is 8.53. The van der Waals surface area contributed by atoms with Crippen molar-refractivity contribution in [2.75, 3.05) is 20.3 Å². The number of sulfonamides is 1. The zero-order valence-electron chi connectivity index (χ0n) is 10.2. The monoisotopic (exact) mass is 283 g/mol. The van der Waals surface area contributed by atoms with Gasteiger partial charge in [-0.3, -0.25) is 4.79 Å². The first-order valence-electron chi connectivity index (χ1n) is 5.26. The first-order chi connectivity index (χ1) is 8.99. The van der Waals surface area contributed by atoms with Crippen molar-refractivity contribution in [1.29, 1.82) is 0 Å². The standard InChI is InChI=1S/C12H13NO5S/c1-18-12(15)9-13-19(16,17)11-6-4-10(5-7-11)3-2-8-14/h4-7,13-14H,8-9H2,1H3. The zero-order chi connectivity index (χ0) is 14.3. The van der Waals surface area contributed by atoms with Gasteiger partial charge in [0.1, 0.15) is 13.2 Å². The van der Waals surface area contributed by atoms with E-state index in [-0.39, 0.29) is 11.5 Å². The summed E-state index contributed by atoms with van der Waals surface area (Å²) in [4.78, 5) is 10.9. The molecule has 0 amide bonds. The molecule has 0 fully saturated rings. The molecule has 6 nitrogen and oxygen atoms in total. The number of nitrogens with one attached hydrogen (secondary N) is 1. The van der Waals surface area contributed by atoms with E-state index < -0.39 is 22.5 Å². The van der Waals surface area contributed by atoms with Crippen LogP contribution in [0.4, 0.5) is 0 Å². The number of aliphatic hydroxyl groups is 1. The largest absolute Gasteiger partial charge is 0.468 e. The third-order valence-electron chi connectivity index (χ3n) is 2.11. The molecule has 0 saturated carbocycles. The number of ether oxygens (including phenoxy) is 1. The van der Waals surface area contributed by atoms with E-state index in [1.54, 1.807) is 0 Å². The summed E-state index contributed by atoms with van der Waals surface area (Å²) in [6, 6.07) is 5.74. The van der Waals surface area contributed by atoms with Gasteiger partial charge in [-0.2, -0.15) is 4.72 Å². The molecule has 0 heterocycles. The van der Waals surface area contributed by atoms with Crippen LogP contribution in [0, 0.1) is 11.8 Å². The van der Waals surface area contributed by atoms with Gasteiger partial charge in [0.2, 0.25) is 10.0 Å². The molecule has 0 bridgehead atoms. The molecule has 0 atom stereocenters. The van der Waals surface area contributed by atoms with Gasteiger partial charge in [-0.1, -0.05) is 11.8 Å². The quantitative estimate of drug-likeness (QED) is 0.573. The molecule has 1 rings (SSSR count). The van der Waals surface area contributed by atoms with Crippen LogP contribution in [-0.2, 0) is 19.6 Å². The number of hydrogen-bond acceptors (Lipinski definition) is 5. The minimum Gasteiger partial charge on any atom is -0.468 e. The second-order valence-corrected chi connectivity index (χ2v) is 5.15. The topological polar surface area (TPSA) is 92.7 Å². The minimum absolute atomic E-state index is 0.0194. The van der Waals surface area contributed by atoms with Crippen LogP contribution in [0.3, 0.4) is 0 Å². The van der Waals surface area contributed by atoms with E-state index in [9.17, 15) is 13.2 Å². The van der Waals surface area contributed by atoms with Crippen molar-refractivity contribution in [3.63, 3.8) is 0 Å². The lowest BCUT2D eigenvalue weighted by molar-refractivity contribution is -0.139. The number of rotatable bonds is 4. The number of esters is 1. The van der Waals surface area contributed by atoms with Gasteiger partial charge in [-0.05, 0) is 24.3 Å². The molecular weight excluding hydrogens is 270 g/mol. The molecule has 1 aromatic rings. The number of carbonyl (C=O) groups excluding carboxylic acids is 1. The molecule has 2 N–H and O–H groups in total. The van der Waals surface area contributed by atoms with Gasteiger partial charge in [0.15, 0.2) is 0 Å². The van der Waals surface area contributed by atoms with E-state index in [0.29, 0.717) is 5.56 Å². The molecule has 0 aromatic heterocycles. The number of carbonyl (C=O) groups is 1. The van der Waals surface area contributed by atoms with Crippen LogP contribution in [-0.4, -0.2) is 39.8 Å². The van der Waals surface area contributed by atoms with E-state index in [2.05, 4.69) is 21.3 Å².